The van der Waals surface area contributed by atoms with Gasteiger partial charge in [-0.05, 0) is 68.5 Å². The molecule has 0 bridgehead atoms. The first-order chi connectivity index (χ1) is 17.3. The van der Waals surface area contributed by atoms with E-state index in [1.807, 2.05) is 19.2 Å². The summed E-state index contributed by atoms with van der Waals surface area (Å²) in [6.45, 7) is 3.72. The minimum absolute atomic E-state index is 0.0399. The number of benzene rings is 1. The fourth-order valence-electron chi connectivity index (χ4n) is 3.94. The molecule has 1 N–H and O–H groups in total. The molecule has 4 aromatic rings. The van der Waals surface area contributed by atoms with E-state index < -0.39 is 22.7 Å². The van der Waals surface area contributed by atoms with Crippen molar-refractivity contribution in [2.75, 3.05) is 7.11 Å². The van der Waals surface area contributed by atoms with Gasteiger partial charge in [0.2, 0.25) is 11.6 Å². The number of aromatic nitrogens is 4. The van der Waals surface area contributed by atoms with Gasteiger partial charge in [-0.15, -0.1) is 0 Å². The first-order valence-electron chi connectivity index (χ1n) is 11.1. The summed E-state index contributed by atoms with van der Waals surface area (Å²) < 4.78 is 26.3. The lowest BCUT2D eigenvalue weighted by Crippen LogP contribution is -2.09. The van der Waals surface area contributed by atoms with Crippen LogP contribution >= 0.6 is 15.9 Å². The van der Waals surface area contributed by atoms with Gasteiger partial charge in [0.1, 0.15) is 11.9 Å². The molecule has 0 saturated heterocycles. The Kier molecular flexibility index (Phi) is 7.58. The van der Waals surface area contributed by atoms with Gasteiger partial charge in [0.25, 0.3) is 0 Å². The van der Waals surface area contributed by atoms with Crippen molar-refractivity contribution in [1.29, 1.82) is 0 Å². The number of nitrogens with one attached hydrogen (secondary N) is 1. The van der Waals surface area contributed by atoms with E-state index in [1.54, 1.807) is 19.1 Å². The molecule has 0 spiro atoms. The molecule has 0 radical (unpaired) electrons. The number of rotatable bonds is 9. The number of ether oxygens (including phenoxy) is 2. The molecular weight excluding hydrogens is 533 g/mol. The highest BCUT2D eigenvalue weighted by atomic mass is 79.9. The molecule has 0 aliphatic heterocycles. The number of nitrogens with zero attached hydrogens (tertiary/aromatic N) is 4. The predicted molar refractivity (Wildman–Crippen MR) is 135 cm³/mol. The van der Waals surface area contributed by atoms with E-state index in [4.69, 9.17) is 9.47 Å². The van der Waals surface area contributed by atoms with Crippen LogP contribution in [0.25, 0.3) is 11.3 Å². The summed E-state index contributed by atoms with van der Waals surface area (Å²) >= 11 is 3.26. The van der Waals surface area contributed by atoms with Gasteiger partial charge in [-0.25, -0.2) is 9.37 Å². The van der Waals surface area contributed by atoms with E-state index in [0.29, 0.717) is 33.6 Å². The van der Waals surface area contributed by atoms with Gasteiger partial charge in [0, 0.05) is 35.9 Å². The van der Waals surface area contributed by atoms with Crippen LogP contribution in [0.4, 0.5) is 10.2 Å². The van der Waals surface area contributed by atoms with Crippen LogP contribution in [-0.2, 0) is 12.8 Å². The summed E-state index contributed by atoms with van der Waals surface area (Å²) in [5.74, 6) is -0.553. The Morgan fingerprint density at radius 1 is 1.22 bits per heavy atom. The summed E-state index contributed by atoms with van der Waals surface area (Å²) in [5.41, 5.74) is 4.52. The maximum atomic E-state index is 14.4. The summed E-state index contributed by atoms with van der Waals surface area (Å²) in [6, 6.07) is 9.45. The van der Waals surface area contributed by atoms with Gasteiger partial charge >= 0.3 is 5.82 Å². The maximum absolute atomic E-state index is 14.4. The molecule has 0 aliphatic carbocycles. The largest absolute Gasteiger partial charge is 0.481 e. The Morgan fingerprint density at radius 3 is 2.75 bits per heavy atom. The minimum atomic E-state index is -0.772. The predicted octanol–water partition coefficient (Wildman–Crippen LogP) is 5.98. The van der Waals surface area contributed by atoms with Crippen LogP contribution in [0.5, 0.6) is 11.6 Å². The number of H-pyrrole nitrogens is 1. The van der Waals surface area contributed by atoms with Gasteiger partial charge in [-0.3, -0.25) is 5.10 Å². The zero-order valence-corrected chi connectivity index (χ0v) is 21.4. The molecule has 9 nitrogen and oxygen atoms in total. The van der Waals surface area contributed by atoms with E-state index in [1.165, 1.54) is 31.5 Å². The molecule has 3 heterocycles. The number of halogens is 2. The molecule has 11 heteroatoms. The number of hydrogen-bond acceptors (Lipinski definition) is 7. The second-order valence-corrected chi connectivity index (χ2v) is 8.89. The second-order valence-electron chi connectivity index (χ2n) is 7.97. The fraction of sp³-hybridized carbons (Fsp3) is 0.240. The highest BCUT2D eigenvalue weighted by Gasteiger charge is 2.24. The quantitative estimate of drug-likeness (QED) is 0.199. The Labute approximate surface area is 215 Å². The highest BCUT2D eigenvalue weighted by molar-refractivity contribution is 9.10. The maximum Gasteiger partial charge on any atom is 0.406 e. The van der Waals surface area contributed by atoms with Crippen LogP contribution in [-0.4, -0.2) is 32.2 Å². The molecule has 186 valence electrons. The molecule has 4 rings (SSSR count). The summed E-state index contributed by atoms with van der Waals surface area (Å²) in [5, 5.41) is 18.7. The molecule has 0 fully saturated rings. The number of methoxy groups -OCH3 is 1. The minimum Gasteiger partial charge on any atom is -0.481 e. The first-order valence-corrected chi connectivity index (χ1v) is 11.9. The van der Waals surface area contributed by atoms with E-state index in [0.717, 1.165) is 23.2 Å². The third-order valence-electron chi connectivity index (χ3n) is 5.67. The van der Waals surface area contributed by atoms with E-state index in [-0.39, 0.29) is 5.75 Å². The van der Waals surface area contributed by atoms with Gasteiger partial charge in [0.05, 0.1) is 23.0 Å². The molecule has 36 heavy (non-hydrogen) atoms. The lowest BCUT2D eigenvalue weighted by atomic mass is 9.94. The van der Waals surface area contributed by atoms with Crippen molar-refractivity contribution in [3.8, 4) is 22.9 Å². The van der Waals surface area contributed by atoms with Crippen LogP contribution in [0.15, 0.2) is 53.3 Å². The molecule has 3 aromatic heterocycles. The zero-order valence-electron chi connectivity index (χ0n) is 19.8. The van der Waals surface area contributed by atoms with E-state index in [2.05, 4.69) is 36.1 Å². The van der Waals surface area contributed by atoms with Gasteiger partial charge < -0.3 is 19.6 Å². The number of hydrogen-bond donors (Lipinski definition) is 1. The van der Waals surface area contributed by atoms with Crippen LogP contribution in [0.1, 0.15) is 42.3 Å². The Morgan fingerprint density at radius 2 is 2.03 bits per heavy atom. The summed E-state index contributed by atoms with van der Waals surface area (Å²) in [6.07, 6.45) is 3.70. The molecule has 1 aromatic carbocycles. The van der Waals surface area contributed by atoms with Crippen molar-refractivity contribution in [2.24, 2.45) is 0 Å². The molecule has 1 atom stereocenters. The van der Waals surface area contributed by atoms with Crippen molar-refractivity contribution < 1.29 is 18.8 Å². The normalized spacial score (nSPS) is 11.8. The monoisotopic (exact) mass is 555 g/mol. The number of aromatic amines is 1. The van der Waals surface area contributed by atoms with Crippen molar-refractivity contribution in [2.45, 2.75) is 32.8 Å². The number of nitro groups is 1. The van der Waals surface area contributed by atoms with Crippen LogP contribution in [0.3, 0.4) is 0 Å². The van der Waals surface area contributed by atoms with Crippen molar-refractivity contribution >= 4 is 21.7 Å². The Hall–Kier alpha value is -3.86. The van der Waals surface area contributed by atoms with E-state index >= 15 is 0 Å². The molecule has 0 saturated carbocycles. The molecule has 0 unspecified atom stereocenters. The highest BCUT2D eigenvalue weighted by Crippen LogP contribution is 2.37. The Balaban J connectivity index is 1.80. The fourth-order valence-corrected chi connectivity index (χ4v) is 4.25. The van der Waals surface area contributed by atoms with Crippen LogP contribution < -0.4 is 9.47 Å². The summed E-state index contributed by atoms with van der Waals surface area (Å²) in [7, 11) is 1.52. The van der Waals surface area contributed by atoms with Crippen LogP contribution in [0, 0.1) is 15.9 Å². The van der Waals surface area contributed by atoms with Gasteiger partial charge in [-0.2, -0.15) is 5.10 Å². The van der Waals surface area contributed by atoms with Gasteiger partial charge in [-0.1, -0.05) is 13.0 Å². The lowest BCUT2D eigenvalue weighted by molar-refractivity contribution is -0.390. The molecular formula is C25H23BrFN5O4. The smallest absolute Gasteiger partial charge is 0.406 e. The van der Waals surface area contributed by atoms with Gasteiger partial charge in [0.15, 0.2) is 6.20 Å². The number of aryl methyl sites for hydroxylation is 1. The average molecular weight is 556 g/mol. The van der Waals surface area contributed by atoms with Crippen molar-refractivity contribution in [3.05, 3.63) is 91.6 Å². The third-order valence-corrected chi connectivity index (χ3v) is 6.10. The lowest BCUT2D eigenvalue weighted by Gasteiger charge is -2.20. The number of pyridine rings is 2. The zero-order chi connectivity index (χ0) is 25.8. The summed E-state index contributed by atoms with van der Waals surface area (Å²) in [4.78, 5) is 19.4. The van der Waals surface area contributed by atoms with Crippen molar-refractivity contribution in [3.63, 3.8) is 0 Å². The first kappa shape index (κ1) is 25.2. The Bertz CT molecular complexity index is 1410. The third kappa shape index (κ3) is 5.35. The average Bonchev–Trinajstić information content (AvgIpc) is 3.31. The standard InChI is InChI=1S/C25H23BrFN5O4/c1-4-21-16(12-29-31-21)9-15-5-8-23(35-3)30-24(15)19-7-6-18(27)11-20(19)14(2)36-22-10-17(26)13-28-25(22)32(33)34/h5-8,10-14H,4,9H2,1-3H3,(H,29,31)/t14-/m1/s1. The molecule has 0 aliphatic rings. The van der Waals surface area contributed by atoms with E-state index in [9.17, 15) is 14.5 Å². The topological polar surface area (TPSA) is 116 Å². The SMILES string of the molecule is CCc1n[nH]cc1Cc1ccc(OC)nc1-c1ccc(F)cc1[C@@H](C)Oc1cc(Br)cnc1[N+](=O)[O-]. The molecule has 0 amide bonds. The van der Waals surface area contributed by atoms with Crippen molar-refractivity contribution in [1.82, 2.24) is 20.2 Å². The van der Waals surface area contributed by atoms with Crippen LogP contribution in [0.2, 0.25) is 0 Å². The second kappa shape index (κ2) is 10.8.